The van der Waals surface area contributed by atoms with E-state index in [0.717, 1.165) is 10.5 Å². The Hall–Kier alpha value is -2.30. The third kappa shape index (κ3) is 2.63. The van der Waals surface area contributed by atoms with Gasteiger partial charge < -0.3 is 10.5 Å². The summed E-state index contributed by atoms with van der Waals surface area (Å²) < 4.78 is 4.67. The maximum atomic E-state index is 11.6. The number of ether oxygens (including phenoxy) is 1. The molecule has 1 aliphatic rings. The zero-order valence-corrected chi connectivity index (χ0v) is 9.13. The van der Waals surface area contributed by atoms with E-state index in [9.17, 15) is 9.59 Å². The number of nitrogens with two attached hydrogens (primary N) is 1. The lowest BCUT2D eigenvalue weighted by Crippen LogP contribution is -2.29. The fraction of sp³-hybridized carbons (Fsp3) is 0.167. The van der Waals surface area contributed by atoms with Gasteiger partial charge in [0, 0.05) is 11.8 Å². The van der Waals surface area contributed by atoms with Gasteiger partial charge in [-0.3, -0.25) is 4.79 Å². The van der Waals surface area contributed by atoms with Gasteiger partial charge in [-0.05, 0) is 23.8 Å². The summed E-state index contributed by atoms with van der Waals surface area (Å²) in [4.78, 5) is 23.8. The lowest BCUT2D eigenvalue weighted by molar-refractivity contribution is -0.122. The molecule has 0 bridgehead atoms. The van der Waals surface area contributed by atoms with Crippen LogP contribution in [0, 0.1) is 0 Å². The first-order chi connectivity index (χ1) is 8.16. The minimum Gasteiger partial charge on any atom is -0.447 e. The van der Waals surface area contributed by atoms with E-state index in [1.165, 1.54) is 6.08 Å². The first kappa shape index (κ1) is 11.2. The van der Waals surface area contributed by atoms with E-state index in [-0.39, 0.29) is 12.5 Å². The second-order valence-corrected chi connectivity index (χ2v) is 3.60. The molecular weight excluding hydrogens is 220 g/mol. The smallest absolute Gasteiger partial charge is 0.416 e. The number of anilines is 1. The van der Waals surface area contributed by atoms with Crippen molar-refractivity contribution in [3.63, 3.8) is 0 Å². The molecule has 0 saturated carbocycles. The van der Waals surface area contributed by atoms with Crippen LogP contribution in [-0.2, 0) is 9.53 Å². The van der Waals surface area contributed by atoms with Gasteiger partial charge in [0.05, 0.1) is 6.54 Å². The molecule has 0 atom stereocenters. The summed E-state index contributed by atoms with van der Waals surface area (Å²) in [7, 11) is 0. The minimum absolute atomic E-state index is 0.264. The van der Waals surface area contributed by atoms with E-state index in [1.807, 2.05) is 0 Å². The standard InChI is InChI=1S/C12H12N2O3/c13-10-4-1-9(2-5-10)3-6-11(15)14-7-8-17-12(14)16/h1-6H,7-8,13H2/b6-3+. The molecular formula is C12H12N2O3. The molecule has 1 aliphatic heterocycles. The lowest BCUT2D eigenvalue weighted by Gasteiger charge is -2.06. The lowest BCUT2D eigenvalue weighted by atomic mass is 10.2. The average Bonchev–Trinajstić information content (AvgIpc) is 2.74. The second kappa shape index (κ2) is 4.69. The highest BCUT2D eigenvalue weighted by Gasteiger charge is 2.26. The quantitative estimate of drug-likeness (QED) is 0.615. The van der Waals surface area contributed by atoms with E-state index in [1.54, 1.807) is 30.3 Å². The van der Waals surface area contributed by atoms with Gasteiger partial charge in [-0.15, -0.1) is 0 Å². The first-order valence-electron chi connectivity index (χ1n) is 5.19. The van der Waals surface area contributed by atoms with Crippen LogP contribution in [0.25, 0.3) is 6.08 Å². The molecule has 1 saturated heterocycles. The summed E-state index contributed by atoms with van der Waals surface area (Å²) in [5, 5.41) is 0. The molecule has 0 spiro atoms. The van der Waals surface area contributed by atoms with Crippen molar-refractivity contribution in [2.24, 2.45) is 0 Å². The zero-order chi connectivity index (χ0) is 12.3. The van der Waals surface area contributed by atoms with Crippen LogP contribution in [-0.4, -0.2) is 30.1 Å². The van der Waals surface area contributed by atoms with Gasteiger partial charge in [0.25, 0.3) is 5.91 Å². The van der Waals surface area contributed by atoms with Crippen LogP contribution >= 0.6 is 0 Å². The van der Waals surface area contributed by atoms with Gasteiger partial charge in [-0.1, -0.05) is 12.1 Å². The Kier molecular flexibility index (Phi) is 3.09. The fourth-order valence-corrected chi connectivity index (χ4v) is 1.46. The normalized spacial score (nSPS) is 15.3. The highest BCUT2D eigenvalue weighted by atomic mass is 16.6. The Bertz CT molecular complexity index is 465. The topological polar surface area (TPSA) is 72.6 Å². The van der Waals surface area contributed by atoms with E-state index >= 15 is 0 Å². The number of hydrogen-bond donors (Lipinski definition) is 1. The Morgan fingerprint density at radius 1 is 1.35 bits per heavy atom. The van der Waals surface area contributed by atoms with E-state index in [2.05, 4.69) is 4.74 Å². The SMILES string of the molecule is Nc1ccc(/C=C/C(=O)N2CCOC2=O)cc1. The van der Waals surface area contributed by atoms with Crippen molar-refractivity contribution in [3.05, 3.63) is 35.9 Å². The van der Waals surface area contributed by atoms with Gasteiger partial charge in [0.15, 0.2) is 0 Å². The number of nitrogen functional groups attached to an aromatic ring is 1. The maximum absolute atomic E-state index is 11.6. The van der Waals surface area contributed by atoms with Gasteiger partial charge in [0.2, 0.25) is 0 Å². The first-order valence-corrected chi connectivity index (χ1v) is 5.19. The van der Waals surface area contributed by atoms with E-state index < -0.39 is 6.09 Å². The molecule has 5 heteroatoms. The third-order valence-corrected chi connectivity index (χ3v) is 2.38. The third-order valence-electron chi connectivity index (χ3n) is 2.38. The van der Waals surface area contributed by atoms with Crippen molar-refractivity contribution in [2.75, 3.05) is 18.9 Å². The predicted octanol–water partition coefficient (Wildman–Crippen LogP) is 1.26. The molecule has 0 unspecified atom stereocenters. The number of hydrogen-bond acceptors (Lipinski definition) is 4. The highest BCUT2D eigenvalue weighted by Crippen LogP contribution is 2.09. The number of benzene rings is 1. The number of nitrogens with zero attached hydrogens (tertiary/aromatic N) is 1. The zero-order valence-electron chi connectivity index (χ0n) is 9.13. The van der Waals surface area contributed by atoms with Crippen LogP contribution in [0.3, 0.4) is 0 Å². The minimum atomic E-state index is -0.586. The predicted molar refractivity (Wildman–Crippen MR) is 62.9 cm³/mol. The van der Waals surface area contributed by atoms with Crippen molar-refractivity contribution in [1.82, 2.24) is 4.90 Å². The van der Waals surface area contributed by atoms with Crippen LogP contribution in [0.5, 0.6) is 0 Å². The molecule has 0 radical (unpaired) electrons. The largest absolute Gasteiger partial charge is 0.447 e. The molecule has 1 aromatic rings. The molecule has 1 aromatic carbocycles. The summed E-state index contributed by atoms with van der Waals surface area (Å²) in [5.41, 5.74) is 7.05. The van der Waals surface area contributed by atoms with Crippen LogP contribution in [0.2, 0.25) is 0 Å². The van der Waals surface area contributed by atoms with Crippen molar-refractivity contribution in [1.29, 1.82) is 0 Å². The molecule has 1 fully saturated rings. The number of imide groups is 1. The fourth-order valence-electron chi connectivity index (χ4n) is 1.46. The Labute approximate surface area is 98.5 Å². The number of carbonyl (C=O) groups excluding carboxylic acids is 2. The number of rotatable bonds is 2. The second-order valence-electron chi connectivity index (χ2n) is 3.60. The number of carbonyl (C=O) groups is 2. The van der Waals surface area contributed by atoms with Gasteiger partial charge >= 0.3 is 6.09 Å². The molecule has 1 heterocycles. The van der Waals surface area contributed by atoms with Crippen LogP contribution in [0.4, 0.5) is 10.5 Å². The van der Waals surface area contributed by atoms with E-state index in [4.69, 9.17) is 5.73 Å². The van der Waals surface area contributed by atoms with Crippen LogP contribution < -0.4 is 5.73 Å². The maximum Gasteiger partial charge on any atom is 0.416 e. The summed E-state index contributed by atoms with van der Waals surface area (Å²) in [6, 6.07) is 7.07. The molecule has 17 heavy (non-hydrogen) atoms. The summed E-state index contributed by atoms with van der Waals surface area (Å²) in [6.07, 6.45) is 2.39. The monoisotopic (exact) mass is 232 g/mol. The van der Waals surface area contributed by atoms with Crippen molar-refractivity contribution in [2.45, 2.75) is 0 Å². The molecule has 2 rings (SSSR count). The van der Waals surface area contributed by atoms with Crippen molar-refractivity contribution >= 4 is 23.8 Å². The molecule has 2 N–H and O–H groups in total. The molecule has 0 aromatic heterocycles. The molecule has 2 amide bonds. The number of amides is 2. The van der Waals surface area contributed by atoms with Gasteiger partial charge in [-0.25, -0.2) is 9.69 Å². The molecule has 88 valence electrons. The summed E-state index contributed by atoms with van der Waals surface area (Å²) >= 11 is 0. The summed E-state index contributed by atoms with van der Waals surface area (Å²) in [5.74, 6) is -0.371. The van der Waals surface area contributed by atoms with Gasteiger partial charge in [0.1, 0.15) is 6.61 Å². The van der Waals surface area contributed by atoms with E-state index in [0.29, 0.717) is 12.2 Å². The Morgan fingerprint density at radius 3 is 2.65 bits per heavy atom. The number of cyclic esters (lactones) is 1. The average molecular weight is 232 g/mol. The van der Waals surface area contributed by atoms with Crippen molar-refractivity contribution in [3.8, 4) is 0 Å². The Morgan fingerprint density at radius 2 is 2.06 bits per heavy atom. The summed E-state index contributed by atoms with van der Waals surface area (Å²) in [6.45, 7) is 0.573. The molecule has 5 nitrogen and oxygen atoms in total. The van der Waals surface area contributed by atoms with Gasteiger partial charge in [-0.2, -0.15) is 0 Å². The highest BCUT2D eigenvalue weighted by molar-refractivity contribution is 6.01. The van der Waals surface area contributed by atoms with Crippen LogP contribution in [0.15, 0.2) is 30.3 Å². The van der Waals surface area contributed by atoms with Crippen molar-refractivity contribution < 1.29 is 14.3 Å². The molecule has 0 aliphatic carbocycles. The Balaban J connectivity index is 2.03. The van der Waals surface area contributed by atoms with Crippen LogP contribution in [0.1, 0.15) is 5.56 Å².